The fraction of sp³-hybridized carbons (Fsp3) is 0.412. The number of hydrogen-bond donors (Lipinski definition) is 1. The highest BCUT2D eigenvalue weighted by atomic mass is 19.1. The summed E-state index contributed by atoms with van der Waals surface area (Å²) >= 11 is 0. The van der Waals surface area contributed by atoms with Crippen LogP contribution in [0.2, 0.25) is 0 Å². The monoisotopic (exact) mass is 275 g/mol. The predicted molar refractivity (Wildman–Crippen MR) is 79.5 cm³/mol. The van der Waals surface area contributed by atoms with Crippen molar-refractivity contribution < 1.29 is 8.81 Å². The first-order valence-corrected chi connectivity index (χ1v) is 7.08. The molecular weight excluding hydrogens is 253 g/mol. The van der Waals surface area contributed by atoms with Crippen molar-refractivity contribution >= 4 is 0 Å². The maximum atomic E-state index is 13.8. The maximum Gasteiger partial charge on any atom is 0.129 e. The zero-order valence-electron chi connectivity index (χ0n) is 12.6. The number of halogens is 1. The largest absolute Gasteiger partial charge is 0.469 e. The molecule has 0 radical (unpaired) electrons. The van der Waals surface area contributed by atoms with Gasteiger partial charge in [-0.1, -0.05) is 19.1 Å². The van der Waals surface area contributed by atoms with Crippen LogP contribution in [0.4, 0.5) is 4.39 Å². The average molecular weight is 275 g/mol. The molecule has 20 heavy (non-hydrogen) atoms. The van der Waals surface area contributed by atoms with Crippen molar-refractivity contribution in [3.8, 4) is 0 Å². The molecule has 0 aliphatic carbocycles. The smallest absolute Gasteiger partial charge is 0.129 e. The minimum Gasteiger partial charge on any atom is -0.469 e. The van der Waals surface area contributed by atoms with Crippen LogP contribution in [0.15, 0.2) is 28.9 Å². The van der Waals surface area contributed by atoms with Gasteiger partial charge in [0.1, 0.15) is 11.6 Å². The fourth-order valence-corrected chi connectivity index (χ4v) is 2.48. The van der Waals surface area contributed by atoms with Crippen LogP contribution in [0.5, 0.6) is 0 Å². The van der Waals surface area contributed by atoms with E-state index in [2.05, 4.69) is 12.2 Å². The second-order valence-corrected chi connectivity index (χ2v) is 5.35. The molecule has 0 saturated carbocycles. The van der Waals surface area contributed by atoms with Crippen LogP contribution >= 0.6 is 0 Å². The average Bonchev–Trinajstić information content (AvgIpc) is 2.83. The van der Waals surface area contributed by atoms with E-state index in [1.54, 1.807) is 6.26 Å². The lowest BCUT2D eigenvalue weighted by molar-refractivity contribution is 0.523. The summed E-state index contributed by atoms with van der Waals surface area (Å²) in [6.07, 6.45) is 2.82. The van der Waals surface area contributed by atoms with Gasteiger partial charge in [0, 0.05) is 5.56 Å². The second-order valence-electron chi connectivity index (χ2n) is 5.35. The van der Waals surface area contributed by atoms with Gasteiger partial charge in [0.15, 0.2) is 0 Å². The van der Waals surface area contributed by atoms with E-state index in [1.807, 2.05) is 39.0 Å². The van der Waals surface area contributed by atoms with Gasteiger partial charge in [-0.05, 0) is 56.5 Å². The Labute approximate surface area is 120 Å². The van der Waals surface area contributed by atoms with Crippen LogP contribution in [-0.4, -0.2) is 6.54 Å². The normalized spacial score (nSPS) is 12.7. The van der Waals surface area contributed by atoms with Crippen LogP contribution in [0.1, 0.15) is 47.4 Å². The Morgan fingerprint density at radius 2 is 1.75 bits per heavy atom. The van der Waals surface area contributed by atoms with Gasteiger partial charge < -0.3 is 9.73 Å². The number of hydrogen-bond acceptors (Lipinski definition) is 2. The summed E-state index contributed by atoms with van der Waals surface area (Å²) in [5.74, 6) is 0.769. The molecule has 0 aliphatic rings. The summed E-state index contributed by atoms with van der Waals surface area (Å²) in [5.41, 5.74) is 3.53. The van der Waals surface area contributed by atoms with Gasteiger partial charge in [0.25, 0.3) is 0 Å². The summed E-state index contributed by atoms with van der Waals surface area (Å²) in [6, 6.07) is 5.91. The van der Waals surface area contributed by atoms with Crippen molar-refractivity contribution in [2.45, 2.75) is 40.2 Å². The van der Waals surface area contributed by atoms with E-state index in [9.17, 15) is 4.39 Å². The second kappa shape index (κ2) is 6.23. The van der Waals surface area contributed by atoms with Gasteiger partial charge in [0.2, 0.25) is 0 Å². The van der Waals surface area contributed by atoms with Gasteiger partial charge in [-0.25, -0.2) is 4.39 Å². The summed E-state index contributed by atoms with van der Waals surface area (Å²) in [4.78, 5) is 0. The number of furan rings is 1. The van der Waals surface area contributed by atoms with E-state index in [1.165, 1.54) is 0 Å². The summed E-state index contributed by atoms with van der Waals surface area (Å²) in [6.45, 7) is 8.59. The van der Waals surface area contributed by atoms with E-state index < -0.39 is 0 Å². The highest BCUT2D eigenvalue weighted by Gasteiger charge is 2.17. The maximum absolute atomic E-state index is 13.8. The third kappa shape index (κ3) is 3.10. The molecule has 0 saturated heterocycles. The van der Waals surface area contributed by atoms with Crippen molar-refractivity contribution in [1.29, 1.82) is 0 Å². The van der Waals surface area contributed by atoms with Crippen molar-refractivity contribution in [2.24, 2.45) is 0 Å². The summed E-state index contributed by atoms with van der Waals surface area (Å²) in [5, 5.41) is 3.51. The number of nitrogens with one attached hydrogen (secondary N) is 1. The molecule has 1 unspecified atom stereocenters. The highest BCUT2D eigenvalue weighted by molar-refractivity contribution is 5.37. The predicted octanol–water partition coefficient (Wildman–Crippen LogP) is 4.43. The molecule has 3 heteroatoms. The van der Waals surface area contributed by atoms with Crippen LogP contribution in [0.25, 0.3) is 0 Å². The molecule has 1 atom stereocenters. The first-order valence-electron chi connectivity index (χ1n) is 7.08. The third-order valence-corrected chi connectivity index (χ3v) is 3.47. The molecule has 108 valence electrons. The van der Waals surface area contributed by atoms with E-state index >= 15 is 0 Å². The molecule has 2 nitrogen and oxygen atoms in total. The van der Waals surface area contributed by atoms with E-state index in [0.29, 0.717) is 11.1 Å². The summed E-state index contributed by atoms with van der Waals surface area (Å²) < 4.78 is 19.2. The molecular formula is C17H22FNO. The molecule has 1 heterocycles. The van der Waals surface area contributed by atoms with Crippen molar-refractivity contribution in [1.82, 2.24) is 5.32 Å². The lowest BCUT2D eigenvalue weighted by atomic mass is 9.96. The minimum atomic E-state index is -0.119. The Hall–Kier alpha value is -1.61. The van der Waals surface area contributed by atoms with Gasteiger partial charge >= 0.3 is 0 Å². The lowest BCUT2D eigenvalue weighted by Gasteiger charge is -2.19. The zero-order valence-corrected chi connectivity index (χ0v) is 12.6. The van der Waals surface area contributed by atoms with Gasteiger partial charge in [-0.15, -0.1) is 0 Å². The minimum absolute atomic E-state index is 0.0467. The Balaban J connectivity index is 2.40. The number of aryl methyl sites for hydroxylation is 3. The molecule has 0 amide bonds. The van der Waals surface area contributed by atoms with Crippen molar-refractivity contribution in [3.05, 3.63) is 58.3 Å². The molecule has 0 aliphatic heterocycles. The molecule has 2 rings (SSSR count). The Kier molecular flexibility index (Phi) is 4.61. The van der Waals surface area contributed by atoms with E-state index in [0.717, 1.165) is 29.9 Å². The van der Waals surface area contributed by atoms with Crippen LogP contribution in [-0.2, 0) is 0 Å². The van der Waals surface area contributed by atoms with Crippen molar-refractivity contribution in [2.75, 3.05) is 6.54 Å². The number of rotatable bonds is 5. The first-order chi connectivity index (χ1) is 9.52. The lowest BCUT2D eigenvalue weighted by Crippen LogP contribution is -2.23. The van der Waals surface area contributed by atoms with Gasteiger partial charge in [0.05, 0.1) is 12.3 Å². The van der Waals surface area contributed by atoms with Crippen LogP contribution in [0.3, 0.4) is 0 Å². The molecule has 2 aromatic rings. The van der Waals surface area contributed by atoms with Crippen LogP contribution in [0, 0.1) is 26.6 Å². The molecule has 1 aromatic carbocycles. The van der Waals surface area contributed by atoms with Crippen LogP contribution < -0.4 is 5.32 Å². The summed E-state index contributed by atoms with van der Waals surface area (Å²) in [7, 11) is 0. The highest BCUT2D eigenvalue weighted by Crippen LogP contribution is 2.27. The number of benzene rings is 1. The fourth-order valence-electron chi connectivity index (χ4n) is 2.48. The Bertz CT molecular complexity index is 565. The molecule has 0 spiro atoms. The Morgan fingerprint density at radius 1 is 1.10 bits per heavy atom. The molecule has 1 N–H and O–H groups in total. The molecule has 0 fully saturated rings. The van der Waals surface area contributed by atoms with Gasteiger partial charge in [-0.2, -0.15) is 0 Å². The SMILES string of the molecule is CCCNC(c1coc(C)c1)c1cc(C)c(F)c(C)c1. The third-order valence-electron chi connectivity index (χ3n) is 3.47. The quantitative estimate of drug-likeness (QED) is 0.873. The molecule has 1 aromatic heterocycles. The standard InChI is InChI=1S/C17H22FNO/c1-5-6-19-17(15-9-13(4)20-10-15)14-7-11(2)16(18)12(3)8-14/h7-10,17,19H,5-6H2,1-4H3. The van der Waals surface area contributed by atoms with E-state index in [-0.39, 0.29) is 11.9 Å². The van der Waals surface area contributed by atoms with E-state index in [4.69, 9.17) is 4.42 Å². The topological polar surface area (TPSA) is 25.2 Å². The van der Waals surface area contributed by atoms with Crippen molar-refractivity contribution in [3.63, 3.8) is 0 Å². The first kappa shape index (κ1) is 14.8. The Morgan fingerprint density at radius 3 is 2.25 bits per heavy atom. The molecule has 0 bridgehead atoms. The zero-order chi connectivity index (χ0) is 14.7. The van der Waals surface area contributed by atoms with Gasteiger partial charge in [-0.3, -0.25) is 0 Å².